The Morgan fingerprint density at radius 3 is 2.85 bits per heavy atom. The number of carbonyl (C=O) groups excluding carboxylic acids is 1. The van der Waals surface area contributed by atoms with Gasteiger partial charge in [-0.25, -0.2) is 9.78 Å². The molecule has 0 bridgehead atoms. The lowest BCUT2D eigenvalue weighted by Gasteiger charge is -2.35. The van der Waals surface area contributed by atoms with Crippen molar-refractivity contribution in [1.29, 1.82) is 0 Å². The number of amides is 1. The summed E-state index contributed by atoms with van der Waals surface area (Å²) in [6, 6.07) is -0.818. The fourth-order valence-electron chi connectivity index (χ4n) is 2.87. The van der Waals surface area contributed by atoms with Gasteiger partial charge in [0.05, 0.1) is 24.3 Å². The summed E-state index contributed by atoms with van der Waals surface area (Å²) in [7, 11) is 0. The summed E-state index contributed by atoms with van der Waals surface area (Å²) in [4.78, 5) is 32.6. The molecule has 0 radical (unpaired) electrons. The van der Waals surface area contributed by atoms with E-state index in [0.717, 1.165) is 11.4 Å². The molecular weight excluding hydrogens is 262 g/mol. The van der Waals surface area contributed by atoms with Gasteiger partial charge < -0.3 is 19.7 Å². The smallest absolute Gasteiger partial charge is 0.326 e. The van der Waals surface area contributed by atoms with E-state index in [9.17, 15) is 14.7 Å². The first-order chi connectivity index (χ1) is 9.66. The third-order valence-electron chi connectivity index (χ3n) is 4.04. The van der Waals surface area contributed by atoms with Crippen molar-refractivity contribution in [3.63, 3.8) is 0 Å². The Labute approximate surface area is 115 Å². The van der Waals surface area contributed by atoms with Crippen molar-refractivity contribution in [2.75, 3.05) is 13.2 Å². The zero-order valence-corrected chi connectivity index (χ0v) is 11.0. The molecule has 7 nitrogen and oxygen atoms in total. The SMILES string of the molecule is O=C(O)C1Cc2nc[nH]c2CN1C(=O)C1CCOCC1. The fourth-order valence-corrected chi connectivity index (χ4v) is 2.87. The van der Waals surface area contributed by atoms with Crippen molar-refractivity contribution in [2.24, 2.45) is 5.92 Å². The van der Waals surface area contributed by atoms with Gasteiger partial charge in [-0.3, -0.25) is 4.79 Å². The molecule has 1 aromatic heterocycles. The third-order valence-corrected chi connectivity index (χ3v) is 4.04. The molecule has 0 spiro atoms. The van der Waals surface area contributed by atoms with Gasteiger partial charge in [0, 0.05) is 25.6 Å². The molecule has 0 aromatic carbocycles. The number of hydrogen-bond acceptors (Lipinski definition) is 4. The van der Waals surface area contributed by atoms with Crippen molar-refractivity contribution in [3.05, 3.63) is 17.7 Å². The van der Waals surface area contributed by atoms with Gasteiger partial charge in [0.25, 0.3) is 0 Å². The van der Waals surface area contributed by atoms with Crippen molar-refractivity contribution < 1.29 is 19.4 Å². The Morgan fingerprint density at radius 2 is 2.15 bits per heavy atom. The second kappa shape index (κ2) is 5.24. The Hall–Kier alpha value is -1.89. The van der Waals surface area contributed by atoms with Crippen LogP contribution in [0.4, 0.5) is 0 Å². The summed E-state index contributed by atoms with van der Waals surface area (Å²) in [6.07, 6.45) is 3.14. The first-order valence-corrected chi connectivity index (χ1v) is 6.79. The molecule has 1 saturated heterocycles. The molecule has 20 heavy (non-hydrogen) atoms. The zero-order valence-electron chi connectivity index (χ0n) is 11.0. The summed E-state index contributed by atoms with van der Waals surface area (Å²) >= 11 is 0. The maximum absolute atomic E-state index is 12.6. The van der Waals surface area contributed by atoms with Crippen LogP contribution in [0.15, 0.2) is 6.33 Å². The molecule has 1 atom stereocenters. The number of aromatic amines is 1. The second-order valence-electron chi connectivity index (χ2n) is 5.24. The van der Waals surface area contributed by atoms with Crippen LogP contribution in [0.1, 0.15) is 24.2 Å². The number of imidazole rings is 1. The van der Waals surface area contributed by atoms with E-state index in [0.29, 0.717) is 32.6 Å². The highest BCUT2D eigenvalue weighted by Crippen LogP contribution is 2.25. The van der Waals surface area contributed by atoms with Gasteiger partial charge in [-0.05, 0) is 12.8 Å². The van der Waals surface area contributed by atoms with E-state index in [4.69, 9.17) is 4.74 Å². The number of carboxylic acid groups (broad SMARTS) is 1. The normalized spacial score (nSPS) is 23.4. The molecule has 1 unspecified atom stereocenters. The van der Waals surface area contributed by atoms with Crippen LogP contribution in [0.3, 0.4) is 0 Å². The summed E-state index contributed by atoms with van der Waals surface area (Å²) in [5, 5.41) is 9.36. The van der Waals surface area contributed by atoms with Crippen molar-refractivity contribution in [1.82, 2.24) is 14.9 Å². The lowest BCUT2D eigenvalue weighted by Crippen LogP contribution is -2.51. The number of H-pyrrole nitrogens is 1. The average Bonchev–Trinajstić information content (AvgIpc) is 2.93. The minimum absolute atomic E-state index is 0.0825. The molecule has 2 aliphatic rings. The van der Waals surface area contributed by atoms with Crippen LogP contribution in [-0.4, -0.2) is 51.1 Å². The molecule has 108 valence electrons. The van der Waals surface area contributed by atoms with Gasteiger partial charge in [0.15, 0.2) is 0 Å². The Kier molecular flexibility index (Phi) is 3.43. The van der Waals surface area contributed by atoms with Crippen LogP contribution in [0.25, 0.3) is 0 Å². The molecule has 1 amide bonds. The van der Waals surface area contributed by atoms with Crippen LogP contribution >= 0.6 is 0 Å². The molecule has 3 heterocycles. The molecule has 2 N–H and O–H groups in total. The average molecular weight is 279 g/mol. The molecule has 3 rings (SSSR count). The maximum Gasteiger partial charge on any atom is 0.326 e. The topological polar surface area (TPSA) is 95.5 Å². The zero-order chi connectivity index (χ0) is 14.1. The number of aliphatic carboxylic acids is 1. The minimum atomic E-state index is -0.973. The van der Waals surface area contributed by atoms with Gasteiger partial charge in [-0.2, -0.15) is 0 Å². The number of aromatic nitrogens is 2. The standard InChI is InChI=1S/C13H17N3O4/c17-12(8-1-3-20-4-2-8)16-6-10-9(14-7-15-10)5-11(16)13(18)19/h7-8,11H,1-6H2,(H,14,15)(H,18,19). The third kappa shape index (κ3) is 2.29. The second-order valence-corrected chi connectivity index (χ2v) is 5.24. The van der Waals surface area contributed by atoms with Crippen molar-refractivity contribution in [2.45, 2.75) is 31.8 Å². The number of carboxylic acids is 1. The van der Waals surface area contributed by atoms with Crippen LogP contribution in [0.5, 0.6) is 0 Å². The summed E-state index contributed by atoms with van der Waals surface area (Å²) in [6.45, 7) is 1.43. The van der Waals surface area contributed by atoms with Gasteiger partial charge >= 0.3 is 5.97 Å². The Morgan fingerprint density at radius 1 is 1.40 bits per heavy atom. The molecule has 7 heteroatoms. The monoisotopic (exact) mass is 279 g/mol. The summed E-state index contributed by atoms with van der Waals surface area (Å²) < 4.78 is 5.25. The molecule has 2 aliphatic heterocycles. The van der Waals surface area contributed by atoms with E-state index in [1.807, 2.05) is 0 Å². The van der Waals surface area contributed by atoms with E-state index < -0.39 is 12.0 Å². The highest BCUT2D eigenvalue weighted by molar-refractivity contribution is 5.85. The predicted molar refractivity (Wildman–Crippen MR) is 67.8 cm³/mol. The number of carbonyl (C=O) groups is 2. The number of nitrogens with one attached hydrogen (secondary N) is 1. The van der Waals surface area contributed by atoms with Gasteiger partial charge in [-0.1, -0.05) is 0 Å². The van der Waals surface area contributed by atoms with Crippen LogP contribution in [0, 0.1) is 5.92 Å². The van der Waals surface area contributed by atoms with Crippen molar-refractivity contribution >= 4 is 11.9 Å². The molecule has 0 saturated carbocycles. The lowest BCUT2D eigenvalue weighted by atomic mass is 9.95. The van der Waals surface area contributed by atoms with Crippen molar-refractivity contribution in [3.8, 4) is 0 Å². The number of nitrogens with zero attached hydrogens (tertiary/aromatic N) is 2. The summed E-state index contributed by atoms with van der Waals surface area (Å²) in [5.74, 6) is -1.19. The molecular formula is C13H17N3O4. The van der Waals surface area contributed by atoms with Crippen LogP contribution < -0.4 is 0 Å². The van der Waals surface area contributed by atoms with E-state index in [1.54, 1.807) is 6.33 Å². The lowest BCUT2D eigenvalue weighted by molar-refractivity contribution is -0.154. The van der Waals surface area contributed by atoms with Crippen LogP contribution in [-0.2, 0) is 27.3 Å². The Bertz CT molecular complexity index is 521. The van der Waals surface area contributed by atoms with E-state index in [-0.39, 0.29) is 18.2 Å². The van der Waals surface area contributed by atoms with Gasteiger partial charge in [-0.15, -0.1) is 0 Å². The van der Waals surface area contributed by atoms with E-state index in [2.05, 4.69) is 9.97 Å². The van der Waals surface area contributed by atoms with Crippen LogP contribution in [0.2, 0.25) is 0 Å². The predicted octanol–water partition coefficient (Wildman–Crippen LogP) is 0.174. The minimum Gasteiger partial charge on any atom is -0.480 e. The highest BCUT2D eigenvalue weighted by Gasteiger charge is 2.38. The summed E-state index contributed by atoms with van der Waals surface area (Å²) in [5.41, 5.74) is 1.58. The first-order valence-electron chi connectivity index (χ1n) is 6.79. The molecule has 1 aromatic rings. The van der Waals surface area contributed by atoms with E-state index >= 15 is 0 Å². The maximum atomic E-state index is 12.6. The molecule has 1 fully saturated rings. The van der Waals surface area contributed by atoms with E-state index in [1.165, 1.54) is 4.90 Å². The number of rotatable bonds is 2. The van der Waals surface area contributed by atoms with Gasteiger partial charge in [0.2, 0.25) is 5.91 Å². The number of ether oxygens (including phenoxy) is 1. The molecule has 0 aliphatic carbocycles. The van der Waals surface area contributed by atoms with Gasteiger partial charge in [0.1, 0.15) is 6.04 Å². The fraction of sp³-hybridized carbons (Fsp3) is 0.615. The quantitative estimate of drug-likeness (QED) is 0.805. The number of fused-ring (bicyclic) bond motifs is 1. The highest BCUT2D eigenvalue weighted by atomic mass is 16.5. The Balaban J connectivity index is 1.82. The number of hydrogen-bond donors (Lipinski definition) is 2. The first kappa shape index (κ1) is 13.1. The largest absolute Gasteiger partial charge is 0.480 e.